The largest absolute Gasteiger partial charge is 0.464 e. The molecule has 2 N–H and O–H groups in total. The first-order chi connectivity index (χ1) is 7.72. The number of aromatic amines is 1. The summed E-state index contributed by atoms with van der Waals surface area (Å²) in [5, 5.41) is 19.1. The summed E-state index contributed by atoms with van der Waals surface area (Å²) in [6, 6.07) is 7.15. The number of amides is 1. The smallest absolute Gasteiger partial charge is 0.425 e. The normalized spacial score (nSPS) is 9.94. The molecule has 2 aromatic rings. The number of para-hydroxylation sites is 2. The number of carbonyl (C=O) groups is 1. The second-order valence-electron chi connectivity index (χ2n) is 2.84. The molecule has 0 unspecified atom stereocenters. The molecule has 0 bridgehead atoms. The van der Waals surface area contributed by atoms with Crippen LogP contribution >= 0.6 is 11.9 Å². The van der Waals surface area contributed by atoms with Crippen molar-refractivity contribution >= 4 is 35.0 Å². The van der Waals surface area contributed by atoms with Gasteiger partial charge in [0.15, 0.2) is 5.40 Å². The van der Waals surface area contributed by atoms with Crippen molar-refractivity contribution in [2.24, 2.45) is 0 Å². The highest BCUT2D eigenvalue weighted by Gasteiger charge is 2.19. The monoisotopic (exact) mass is 234 g/mol. The number of hydrogen-bond donors (Lipinski definition) is 2. The average Bonchev–Trinajstić information content (AvgIpc) is 2.68. The van der Waals surface area contributed by atoms with Crippen LogP contribution in [0.25, 0.3) is 11.0 Å². The number of carboxylic acid groups (broad SMARTS) is 1. The maximum atomic E-state index is 10.9. The molecule has 0 spiro atoms. The number of hydrogen-bond acceptors (Lipinski definition) is 4. The highest BCUT2D eigenvalue weighted by atomic mass is 32.2. The first kappa shape index (κ1) is 10.3. The molecule has 0 saturated heterocycles. The average molecular weight is 234 g/mol. The van der Waals surface area contributed by atoms with Crippen molar-refractivity contribution in [3.05, 3.63) is 24.3 Å². The van der Waals surface area contributed by atoms with Gasteiger partial charge in [-0.2, -0.15) is 9.57 Å². The number of nitriles is 1. The number of nitrogens with one attached hydrogen (secondary N) is 1. The van der Waals surface area contributed by atoms with E-state index >= 15 is 0 Å². The molecular weight excluding hydrogens is 228 g/mol. The van der Waals surface area contributed by atoms with Gasteiger partial charge >= 0.3 is 6.09 Å². The fraction of sp³-hybridized carbons (Fsp3) is 0. The molecule has 0 atom stereocenters. The van der Waals surface area contributed by atoms with Crippen LogP contribution in [-0.2, 0) is 0 Å². The van der Waals surface area contributed by atoms with E-state index in [0.717, 1.165) is 9.82 Å². The fourth-order valence-electron chi connectivity index (χ4n) is 1.25. The van der Waals surface area contributed by atoms with Gasteiger partial charge < -0.3 is 10.1 Å². The Kier molecular flexibility index (Phi) is 2.66. The first-order valence-corrected chi connectivity index (χ1v) is 5.03. The van der Waals surface area contributed by atoms with E-state index in [-0.39, 0.29) is 5.95 Å². The molecule has 0 radical (unpaired) electrons. The molecule has 1 aromatic carbocycles. The van der Waals surface area contributed by atoms with Gasteiger partial charge in [0.1, 0.15) is 0 Å². The van der Waals surface area contributed by atoms with Crippen LogP contribution in [0.1, 0.15) is 0 Å². The zero-order chi connectivity index (χ0) is 11.5. The summed E-state index contributed by atoms with van der Waals surface area (Å²) in [6.45, 7) is 0. The number of anilines is 1. The van der Waals surface area contributed by atoms with Crippen molar-refractivity contribution in [2.75, 3.05) is 4.31 Å². The summed E-state index contributed by atoms with van der Waals surface area (Å²) in [4.78, 5) is 17.8. The van der Waals surface area contributed by atoms with Gasteiger partial charge in [0.25, 0.3) is 0 Å². The molecule has 0 aliphatic heterocycles. The van der Waals surface area contributed by atoms with Gasteiger partial charge in [-0.1, -0.05) is 12.1 Å². The van der Waals surface area contributed by atoms with Gasteiger partial charge in [0, 0.05) is 0 Å². The lowest BCUT2D eigenvalue weighted by molar-refractivity contribution is 0.206. The Morgan fingerprint density at radius 3 is 2.94 bits per heavy atom. The Hall–Kier alpha value is -2.20. The Morgan fingerprint density at radius 2 is 2.31 bits per heavy atom. The van der Waals surface area contributed by atoms with E-state index in [0.29, 0.717) is 17.5 Å². The molecule has 1 aromatic heterocycles. The van der Waals surface area contributed by atoms with E-state index in [9.17, 15) is 4.79 Å². The minimum Gasteiger partial charge on any atom is -0.464 e. The van der Waals surface area contributed by atoms with Gasteiger partial charge in [-0.05, 0) is 12.1 Å². The number of imidazole rings is 1. The minimum absolute atomic E-state index is 0.125. The van der Waals surface area contributed by atoms with Crippen LogP contribution in [0.2, 0.25) is 0 Å². The van der Waals surface area contributed by atoms with E-state index in [1.807, 2.05) is 6.07 Å². The number of rotatable bonds is 2. The quantitative estimate of drug-likeness (QED) is 0.613. The van der Waals surface area contributed by atoms with Gasteiger partial charge in [-0.15, -0.1) is 0 Å². The van der Waals surface area contributed by atoms with Crippen LogP contribution in [0.3, 0.4) is 0 Å². The predicted octanol–water partition coefficient (Wildman–Crippen LogP) is 2.18. The summed E-state index contributed by atoms with van der Waals surface area (Å²) in [5.74, 6) is 0.125. The molecule has 16 heavy (non-hydrogen) atoms. The van der Waals surface area contributed by atoms with E-state index < -0.39 is 6.09 Å². The van der Waals surface area contributed by atoms with Crippen molar-refractivity contribution in [1.82, 2.24) is 9.97 Å². The molecule has 0 aliphatic rings. The van der Waals surface area contributed by atoms with Gasteiger partial charge in [-0.3, -0.25) is 0 Å². The molecule has 80 valence electrons. The Balaban J connectivity index is 2.45. The molecule has 0 saturated carbocycles. The molecule has 6 nitrogen and oxygen atoms in total. The summed E-state index contributed by atoms with van der Waals surface area (Å²) in [6.07, 6.45) is -1.24. The Morgan fingerprint density at radius 1 is 1.56 bits per heavy atom. The number of thiocyanates is 1. The van der Waals surface area contributed by atoms with Crippen LogP contribution in [-0.4, -0.2) is 21.2 Å². The number of benzene rings is 1. The second kappa shape index (κ2) is 4.12. The van der Waals surface area contributed by atoms with E-state index in [1.54, 1.807) is 23.6 Å². The molecule has 1 heterocycles. The maximum Gasteiger partial charge on any atom is 0.425 e. The summed E-state index contributed by atoms with van der Waals surface area (Å²) < 4.78 is 0.778. The lowest BCUT2D eigenvalue weighted by atomic mass is 10.3. The lowest BCUT2D eigenvalue weighted by Crippen LogP contribution is -2.21. The highest BCUT2D eigenvalue weighted by molar-refractivity contribution is 8.05. The van der Waals surface area contributed by atoms with Gasteiger partial charge in [0.2, 0.25) is 5.95 Å². The molecule has 0 fully saturated rings. The summed E-state index contributed by atoms with van der Waals surface area (Å²) >= 11 is 0.498. The van der Waals surface area contributed by atoms with Crippen molar-refractivity contribution in [2.45, 2.75) is 0 Å². The molecular formula is C9H6N4O2S. The van der Waals surface area contributed by atoms with Crippen molar-refractivity contribution in [1.29, 1.82) is 5.26 Å². The molecule has 7 heteroatoms. The molecule has 1 amide bonds. The Bertz CT molecular complexity index is 541. The maximum absolute atomic E-state index is 10.9. The van der Waals surface area contributed by atoms with Crippen LogP contribution in [0.15, 0.2) is 24.3 Å². The van der Waals surface area contributed by atoms with E-state index in [2.05, 4.69) is 9.97 Å². The number of fused-ring (bicyclic) bond motifs is 1. The molecule has 0 aliphatic carbocycles. The summed E-state index contributed by atoms with van der Waals surface area (Å²) in [7, 11) is 0. The third-order valence-corrected chi connectivity index (χ3v) is 2.47. The number of H-pyrrole nitrogens is 1. The lowest BCUT2D eigenvalue weighted by Gasteiger charge is -2.08. The van der Waals surface area contributed by atoms with Crippen LogP contribution < -0.4 is 4.31 Å². The van der Waals surface area contributed by atoms with E-state index in [1.165, 1.54) is 0 Å². The van der Waals surface area contributed by atoms with Crippen LogP contribution in [0.5, 0.6) is 0 Å². The zero-order valence-electron chi connectivity index (χ0n) is 7.91. The highest BCUT2D eigenvalue weighted by Crippen LogP contribution is 2.22. The van der Waals surface area contributed by atoms with Crippen LogP contribution in [0, 0.1) is 10.7 Å². The van der Waals surface area contributed by atoms with Crippen molar-refractivity contribution in [3.8, 4) is 5.40 Å². The predicted molar refractivity (Wildman–Crippen MR) is 59.8 cm³/mol. The van der Waals surface area contributed by atoms with E-state index in [4.69, 9.17) is 10.4 Å². The first-order valence-electron chi connectivity index (χ1n) is 4.26. The number of aromatic nitrogens is 2. The fourth-order valence-corrected chi connectivity index (χ4v) is 1.58. The standard InChI is InChI=1S/C9H6N4O2S/c10-5-16-13(9(14)15)8-11-6-3-1-2-4-7(6)12-8/h1-4H,(H,11,12)(H,14,15). The van der Waals surface area contributed by atoms with Crippen molar-refractivity contribution in [3.63, 3.8) is 0 Å². The molecule has 2 rings (SSSR count). The van der Waals surface area contributed by atoms with Crippen LogP contribution in [0.4, 0.5) is 10.7 Å². The minimum atomic E-state index is -1.24. The number of nitrogens with zero attached hydrogens (tertiary/aromatic N) is 3. The summed E-state index contributed by atoms with van der Waals surface area (Å²) in [5.41, 5.74) is 1.38. The zero-order valence-corrected chi connectivity index (χ0v) is 8.73. The Labute approximate surface area is 94.6 Å². The van der Waals surface area contributed by atoms with Gasteiger partial charge in [0.05, 0.1) is 23.0 Å². The van der Waals surface area contributed by atoms with Gasteiger partial charge in [-0.25, -0.2) is 9.78 Å². The SMILES string of the molecule is N#CSN(C(=O)O)c1nc2ccccc2[nH]1. The topological polar surface area (TPSA) is 93.0 Å². The third-order valence-electron chi connectivity index (χ3n) is 1.88. The third kappa shape index (κ3) is 1.78. The van der Waals surface area contributed by atoms with Crippen molar-refractivity contribution < 1.29 is 9.90 Å². The second-order valence-corrected chi connectivity index (χ2v) is 3.57.